The van der Waals surface area contributed by atoms with Gasteiger partial charge >= 0.3 is 0 Å². The molecule has 0 radical (unpaired) electrons. The molecule has 1 unspecified atom stereocenters. The molecule has 0 saturated carbocycles. The van der Waals surface area contributed by atoms with Gasteiger partial charge in [-0.05, 0) is 57.4 Å². The summed E-state index contributed by atoms with van der Waals surface area (Å²) in [7, 11) is 1.63. The monoisotopic (exact) mass is 495 g/mol. The van der Waals surface area contributed by atoms with Crippen molar-refractivity contribution in [2.24, 2.45) is 0 Å². The molecule has 0 saturated heterocycles. The van der Waals surface area contributed by atoms with Gasteiger partial charge in [0.1, 0.15) is 5.75 Å². The average Bonchev–Trinajstić information content (AvgIpc) is 3.45. The number of carbonyl (C=O) groups excluding carboxylic acids is 2. The second kappa shape index (κ2) is 9.74. The maximum atomic E-state index is 12.5. The first-order chi connectivity index (χ1) is 15.5. The number of para-hydroxylation sites is 1. The van der Waals surface area contributed by atoms with E-state index in [1.165, 1.54) is 6.07 Å². The van der Waals surface area contributed by atoms with Gasteiger partial charge in [-0.15, -0.1) is 0 Å². The molecule has 0 spiro atoms. The molecule has 0 bridgehead atoms. The third-order valence-electron chi connectivity index (χ3n) is 5.22. The molecular formula is C24H22BrN3O4. The predicted octanol–water partition coefficient (Wildman–Crippen LogP) is 4.21. The Morgan fingerprint density at radius 3 is 2.56 bits per heavy atom. The number of nitrogens with one attached hydrogen (secondary N) is 3. The minimum Gasteiger partial charge on any atom is -0.497 e. The van der Waals surface area contributed by atoms with Gasteiger partial charge < -0.3 is 24.8 Å². The number of aromatic nitrogens is 1. The number of benzene rings is 2. The first-order valence-electron chi connectivity index (χ1n) is 10.1. The van der Waals surface area contributed by atoms with Crippen LogP contribution in [0, 0.1) is 0 Å². The van der Waals surface area contributed by atoms with Crippen LogP contribution in [0.5, 0.6) is 5.75 Å². The van der Waals surface area contributed by atoms with Gasteiger partial charge in [0.15, 0.2) is 10.4 Å². The molecule has 8 heteroatoms. The predicted molar refractivity (Wildman–Crippen MR) is 125 cm³/mol. The number of carbonyl (C=O) groups is 2. The van der Waals surface area contributed by atoms with E-state index < -0.39 is 5.91 Å². The van der Waals surface area contributed by atoms with Crippen molar-refractivity contribution in [2.75, 3.05) is 20.2 Å². The number of hydrogen-bond acceptors (Lipinski definition) is 4. The van der Waals surface area contributed by atoms with E-state index >= 15 is 0 Å². The van der Waals surface area contributed by atoms with Gasteiger partial charge in [-0.2, -0.15) is 0 Å². The Balaban J connectivity index is 1.47. The minimum absolute atomic E-state index is 0.0854. The zero-order chi connectivity index (χ0) is 22.5. The highest BCUT2D eigenvalue weighted by Crippen LogP contribution is 2.31. The molecule has 2 amide bonds. The van der Waals surface area contributed by atoms with Crippen molar-refractivity contribution in [1.29, 1.82) is 0 Å². The van der Waals surface area contributed by atoms with Crippen LogP contribution in [-0.2, 0) is 4.79 Å². The van der Waals surface area contributed by atoms with Gasteiger partial charge in [-0.25, -0.2) is 0 Å². The van der Waals surface area contributed by atoms with Gasteiger partial charge in [-0.3, -0.25) is 9.59 Å². The highest BCUT2D eigenvalue weighted by atomic mass is 79.9. The van der Waals surface area contributed by atoms with Crippen molar-refractivity contribution in [3.63, 3.8) is 0 Å². The molecule has 3 N–H and O–H groups in total. The summed E-state index contributed by atoms with van der Waals surface area (Å²) in [6, 6.07) is 19.0. The zero-order valence-electron chi connectivity index (χ0n) is 17.4. The van der Waals surface area contributed by atoms with E-state index in [0.29, 0.717) is 11.2 Å². The maximum Gasteiger partial charge on any atom is 0.287 e. The molecule has 2 aromatic heterocycles. The molecule has 164 valence electrons. The molecule has 2 aromatic carbocycles. The van der Waals surface area contributed by atoms with Crippen LogP contribution in [0.4, 0.5) is 0 Å². The standard InChI is InChI=1S/C24H22BrN3O4/c1-31-16-8-6-15(7-9-16)18(19-13-26-20-5-3-2-4-17(19)20)12-27-23(29)14-28-24(30)21-10-11-22(25)32-21/h2-11,13,18,26H,12,14H2,1H3,(H,27,29)(H,28,30). The summed E-state index contributed by atoms with van der Waals surface area (Å²) >= 11 is 3.15. The highest BCUT2D eigenvalue weighted by Gasteiger charge is 2.20. The number of aromatic amines is 1. The summed E-state index contributed by atoms with van der Waals surface area (Å²) in [4.78, 5) is 27.9. The van der Waals surface area contributed by atoms with Crippen molar-refractivity contribution in [3.05, 3.63) is 88.4 Å². The second-order valence-corrected chi connectivity index (χ2v) is 7.99. The smallest absolute Gasteiger partial charge is 0.287 e. The van der Waals surface area contributed by atoms with Crippen LogP contribution in [0.15, 0.2) is 75.9 Å². The van der Waals surface area contributed by atoms with Gasteiger partial charge in [0.05, 0.1) is 13.7 Å². The van der Waals surface area contributed by atoms with Crippen molar-refractivity contribution in [2.45, 2.75) is 5.92 Å². The number of hydrogen-bond donors (Lipinski definition) is 3. The van der Waals surface area contributed by atoms with Crippen LogP contribution < -0.4 is 15.4 Å². The topological polar surface area (TPSA) is 96.4 Å². The first kappa shape index (κ1) is 21.7. The lowest BCUT2D eigenvalue weighted by atomic mass is 9.91. The quantitative estimate of drug-likeness (QED) is 0.341. The third-order valence-corrected chi connectivity index (χ3v) is 5.65. The molecule has 0 aliphatic rings. The lowest BCUT2D eigenvalue weighted by Crippen LogP contribution is -2.38. The van der Waals surface area contributed by atoms with Crippen LogP contribution in [0.2, 0.25) is 0 Å². The number of ether oxygens (including phenoxy) is 1. The van der Waals surface area contributed by atoms with E-state index in [1.54, 1.807) is 13.2 Å². The number of amides is 2. The number of furan rings is 1. The van der Waals surface area contributed by atoms with Crippen molar-refractivity contribution in [1.82, 2.24) is 15.6 Å². The maximum absolute atomic E-state index is 12.5. The SMILES string of the molecule is COc1ccc(C(CNC(=O)CNC(=O)c2ccc(Br)o2)c2c[nH]c3ccccc23)cc1. The molecule has 7 nitrogen and oxygen atoms in total. The van der Waals surface area contributed by atoms with Crippen LogP contribution in [-0.4, -0.2) is 37.0 Å². The Labute approximate surface area is 193 Å². The Bertz CT molecular complexity index is 1230. The van der Waals surface area contributed by atoms with E-state index in [2.05, 4.69) is 37.6 Å². The third kappa shape index (κ3) is 4.86. The van der Waals surface area contributed by atoms with E-state index in [1.807, 2.05) is 48.7 Å². The zero-order valence-corrected chi connectivity index (χ0v) is 18.9. The number of H-pyrrole nitrogens is 1. The summed E-state index contributed by atoms with van der Waals surface area (Å²) < 4.78 is 10.9. The lowest BCUT2D eigenvalue weighted by Gasteiger charge is -2.19. The van der Waals surface area contributed by atoms with Crippen molar-refractivity contribution < 1.29 is 18.7 Å². The van der Waals surface area contributed by atoms with Crippen LogP contribution >= 0.6 is 15.9 Å². The fourth-order valence-electron chi connectivity index (χ4n) is 3.59. The molecule has 0 aliphatic heterocycles. The molecule has 2 heterocycles. The van der Waals surface area contributed by atoms with Crippen LogP contribution in [0.25, 0.3) is 10.9 Å². The van der Waals surface area contributed by atoms with Gasteiger partial charge in [-0.1, -0.05) is 30.3 Å². The summed E-state index contributed by atoms with van der Waals surface area (Å²) in [6.45, 7) is 0.218. The number of methoxy groups -OCH3 is 1. The normalized spacial score (nSPS) is 11.8. The average molecular weight is 496 g/mol. The summed E-state index contributed by atoms with van der Waals surface area (Å²) in [5, 5.41) is 6.60. The molecular weight excluding hydrogens is 474 g/mol. The largest absolute Gasteiger partial charge is 0.497 e. The molecule has 4 rings (SSSR count). The van der Waals surface area contributed by atoms with E-state index in [4.69, 9.17) is 9.15 Å². The number of rotatable bonds is 8. The summed E-state index contributed by atoms with van der Waals surface area (Å²) in [5.41, 5.74) is 3.15. The van der Waals surface area contributed by atoms with Crippen LogP contribution in [0.1, 0.15) is 27.6 Å². The summed E-state index contributed by atoms with van der Waals surface area (Å²) in [5.74, 6) is 0.0801. The molecule has 0 fully saturated rings. The van der Waals surface area contributed by atoms with Gasteiger partial charge in [0.2, 0.25) is 5.91 Å². The highest BCUT2D eigenvalue weighted by molar-refractivity contribution is 9.10. The summed E-state index contributed by atoms with van der Waals surface area (Å²) in [6.07, 6.45) is 1.97. The van der Waals surface area contributed by atoms with E-state index in [-0.39, 0.29) is 24.1 Å². The Kier molecular flexibility index (Phi) is 6.61. The molecule has 0 aliphatic carbocycles. The Morgan fingerprint density at radius 2 is 1.84 bits per heavy atom. The van der Waals surface area contributed by atoms with E-state index in [0.717, 1.165) is 27.8 Å². The van der Waals surface area contributed by atoms with Crippen LogP contribution in [0.3, 0.4) is 0 Å². The molecule has 4 aromatic rings. The first-order valence-corrected chi connectivity index (χ1v) is 10.8. The van der Waals surface area contributed by atoms with Crippen molar-refractivity contribution in [3.8, 4) is 5.75 Å². The van der Waals surface area contributed by atoms with Gasteiger partial charge in [0.25, 0.3) is 5.91 Å². The fraction of sp³-hybridized carbons (Fsp3) is 0.167. The number of fused-ring (bicyclic) bond motifs is 1. The Hall–Kier alpha value is -3.52. The second-order valence-electron chi connectivity index (χ2n) is 7.21. The molecule has 1 atom stereocenters. The molecule has 32 heavy (non-hydrogen) atoms. The van der Waals surface area contributed by atoms with Crippen molar-refractivity contribution >= 4 is 38.6 Å². The number of halogens is 1. The Morgan fingerprint density at radius 1 is 1.06 bits per heavy atom. The fourth-order valence-corrected chi connectivity index (χ4v) is 3.89. The lowest BCUT2D eigenvalue weighted by molar-refractivity contribution is -0.120. The van der Waals surface area contributed by atoms with Gasteiger partial charge in [0, 0.05) is 29.6 Å². The minimum atomic E-state index is -0.450. The van der Waals surface area contributed by atoms with E-state index in [9.17, 15) is 9.59 Å².